The molecule has 1 atom stereocenters. The summed E-state index contributed by atoms with van der Waals surface area (Å²) in [6.07, 6.45) is -5.88. The van der Waals surface area contributed by atoms with Crippen LogP contribution < -0.4 is 9.47 Å². The summed E-state index contributed by atoms with van der Waals surface area (Å²) >= 11 is 5.68. The Kier molecular flexibility index (Phi) is 5.42. The van der Waals surface area contributed by atoms with Gasteiger partial charge in [-0.15, -0.1) is 0 Å². The van der Waals surface area contributed by atoms with Gasteiger partial charge < -0.3 is 14.6 Å². The normalized spacial score (nSPS) is 12.6. The van der Waals surface area contributed by atoms with Crippen molar-refractivity contribution in [3.05, 3.63) is 52.8 Å². The van der Waals surface area contributed by atoms with Gasteiger partial charge in [0.2, 0.25) is 0 Å². The molecule has 1 N–H and O–H groups in total. The number of carbonyl (C=O) groups is 1. The summed E-state index contributed by atoms with van der Waals surface area (Å²) in [6, 6.07) is 6.34. The number of hydrogen-bond donors (Lipinski definition) is 1. The number of benzene rings is 2. The van der Waals surface area contributed by atoms with E-state index >= 15 is 0 Å². The quantitative estimate of drug-likeness (QED) is 0.732. The van der Waals surface area contributed by atoms with Crippen molar-refractivity contribution in [2.75, 3.05) is 0 Å². The molecule has 9 heteroatoms. The highest BCUT2D eigenvalue weighted by Gasteiger charge is 2.32. The second-order valence-corrected chi connectivity index (χ2v) is 5.35. The van der Waals surface area contributed by atoms with Gasteiger partial charge in [-0.3, -0.25) is 0 Å². The average Bonchev–Trinajstić information content (AvgIpc) is 2.50. The van der Waals surface area contributed by atoms with E-state index in [1.54, 1.807) is 0 Å². The zero-order valence-corrected chi connectivity index (χ0v) is 13.4. The second-order valence-electron chi connectivity index (χ2n) is 4.94. The summed E-state index contributed by atoms with van der Waals surface area (Å²) < 4.78 is 62.1. The van der Waals surface area contributed by atoms with Gasteiger partial charge in [-0.05, 0) is 31.2 Å². The van der Waals surface area contributed by atoms with Gasteiger partial charge in [0.05, 0.1) is 10.6 Å². The van der Waals surface area contributed by atoms with Crippen molar-refractivity contribution < 1.29 is 36.9 Å². The number of alkyl halides is 3. The van der Waals surface area contributed by atoms with E-state index in [0.29, 0.717) is 6.07 Å². The highest BCUT2D eigenvalue weighted by atomic mass is 35.5. The Bertz CT molecular complexity index is 769. The van der Waals surface area contributed by atoms with Crippen LogP contribution in [0.4, 0.5) is 17.6 Å². The standard InChI is InChI=1S/C16H11ClF4O4/c1-8(15(22)23)24-10-3-2-4-11(7-10)25-14-12(17)5-9(6-13(14)18)16(19,20)21/h2-8H,1H3,(H,22,23)/t8-/m1/s1. The van der Waals surface area contributed by atoms with Crippen molar-refractivity contribution in [2.24, 2.45) is 0 Å². The third-order valence-electron chi connectivity index (χ3n) is 3.01. The van der Waals surface area contributed by atoms with Gasteiger partial charge in [-0.25, -0.2) is 9.18 Å². The van der Waals surface area contributed by atoms with Crippen LogP contribution in [-0.2, 0) is 11.0 Å². The molecule has 0 spiro atoms. The molecule has 0 aliphatic heterocycles. The van der Waals surface area contributed by atoms with Crippen molar-refractivity contribution in [1.82, 2.24) is 0 Å². The Morgan fingerprint density at radius 1 is 1.20 bits per heavy atom. The molecule has 2 aromatic rings. The number of hydrogen-bond acceptors (Lipinski definition) is 3. The molecule has 0 heterocycles. The number of carboxylic acid groups (broad SMARTS) is 1. The fourth-order valence-corrected chi connectivity index (χ4v) is 2.05. The number of ether oxygens (including phenoxy) is 2. The first-order valence-corrected chi connectivity index (χ1v) is 7.19. The van der Waals surface area contributed by atoms with Crippen LogP contribution in [0.15, 0.2) is 36.4 Å². The maximum atomic E-state index is 13.9. The Morgan fingerprint density at radius 3 is 2.40 bits per heavy atom. The third-order valence-corrected chi connectivity index (χ3v) is 3.29. The van der Waals surface area contributed by atoms with Gasteiger partial charge >= 0.3 is 12.1 Å². The monoisotopic (exact) mass is 378 g/mol. The highest BCUT2D eigenvalue weighted by Crippen LogP contribution is 2.39. The molecule has 0 fully saturated rings. The molecule has 0 bridgehead atoms. The molecule has 4 nitrogen and oxygen atoms in total. The van der Waals surface area contributed by atoms with Gasteiger partial charge in [-0.1, -0.05) is 17.7 Å². The van der Waals surface area contributed by atoms with E-state index in [9.17, 15) is 22.4 Å². The lowest BCUT2D eigenvalue weighted by Crippen LogP contribution is -2.22. The Balaban J connectivity index is 2.27. The highest BCUT2D eigenvalue weighted by molar-refractivity contribution is 6.32. The third kappa shape index (κ3) is 4.76. The largest absolute Gasteiger partial charge is 0.479 e. The fraction of sp³-hybridized carbons (Fsp3) is 0.188. The van der Waals surface area contributed by atoms with Crippen molar-refractivity contribution >= 4 is 17.6 Å². The Morgan fingerprint density at radius 2 is 1.84 bits per heavy atom. The molecule has 25 heavy (non-hydrogen) atoms. The van der Waals surface area contributed by atoms with Crippen LogP contribution in [0.1, 0.15) is 12.5 Å². The molecule has 0 amide bonds. The molecule has 0 aromatic heterocycles. The van der Waals surface area contributed by atoms with Crippen LogP contribution >= 0.6 is 11.6 Å². The zero-order valence-electron chi connectivity index (χ0n) is 12.6. The average molecular weight is 379 g/mol. The molecule has 0 saturated heterocycles. The van der Waals surface area contributed by atoms with Crippen LogP contribution in [0.3, 0.4) is 0 Å². The van der Waals surface area contributed by atoms with E-state index in [0.717, 1.165) is 0 Å². The molecule has 0 radical (unpaired) electrons. The summed E-state index contributed by atoms with van der Waals surface area (Å²) in [5.41, 5.74) is -1.24. The van der Waals surface area contributed by atoms with Crippen molar-refractivity contribution in [3.63, 3.8) is 0 Å². The summed E-state index contributed by atoms with van der Waals surface area (Å²) in [6.45, 7) is 1.31. The number of carboxylic acids is 1. The summed E-state index contributed by atoms with van der Waals surface area (Å²) in [4.78, 5) is 10.8. The lowest BCUT2D eigenvalue weighted by Gasteiger charge is -2.14. The smallest absolute Gasteiger partial charge is 0.416 e. The van der Waals surface area contributed by atoms with E-state index in [1.165, 1.54) is 31.2 Å². The lowest BCUT2D eigenvalue weighted by atomic mass is 10.2. The van der Waals surface area contributed by atoms with Crippen LogP contribution in [0, 0.1) is 5.82 Å². The topological polar surface area (TPSA) is 55.8 Å². The molecule has 134 valence electrons. The predicted molar refractivity (Wildman–Crippen MR) is 80.7 cm³/mol. The van der Waals surface area contributed by atoms with Crippen LogP contribution in [0.5, 0.6) is 17.2 Å². The maximum Gasteiger partial charge on any atom is 0.416 e. The number of aliphatic carboxylic acids is 1. The number of halogens is 5. The van der Waals surface area contributed by atoms with Gasteiger partial charge in [0, 0.05) is 6.07 Å². The fourth-order valence-electron chi connectivity index (χ4n) is 1.80. The minimum atomic E-state index is -4.75. The molecule has 0 unspecified atom stereocenters. The predicted octanol–water partition coefficient (Wildman–Crippen LogP) is 5.14. The van der Waals surface area contributed by atoms with E-state index in [2.05, 4.69) is 0 Å². The van der Waals surface area contributed by atoms with Gasteiger partial charge in [0.15, 0.2) is 17.7 Å². The summed E-state index contributed by atoms with van der Waals surface area (Å²) in [5.74, 6) is -2.93. The molecule has 2 aromatic carbocycles. The van der Waals surface area contributed by atoms with Gasteiger partial charge in [-0.2, -0.15) is 13.2 Å². The lowest BCUT2D eigenvalue weighted by molar-refractivity contribution is -0.144. The second kappa shape index (κ2) is 7.18. The first-order valence-electron chi connectivity index (χ1n) is 6.81. The van der Waals surface area contributed by atoms with Gasteiger partial charge in [0.25, 0.3) is 0 Å². The van der Waals surface area contributed by atoms with E-state index < -0.39 is 40.4 Å². The van der Waals surface area contributed by atoms with E-state index in [1.807, 2.05) is 0 Å². The zero-order chi connectivity index (χ0) is 18.8. The molecular formula is C16H11ClF4O4. The van der Waals surface area contributed by atoms with Crippen molar-refractivity contribution in [2.45, 2.75) is 19.2 Å². The molecule has 0 aliphatic carbocycles. The maximum absolute atomic E-state index is 13.9. The first-order chi connectivity index (χ1) is 11.6. The summed E-state index contributed by atoms with van der Waals surface area (Å²) in [5, 5.41) is 8.24. The SMILES string of the molecule is C[C@@H](Oc1cccc(Oc2c(F)cc(C(F)(F)F)cc2Cl)c1)C(=O)O. The minimum Gasteiger partial charge on any atom is -0.479 e. The van der Waals surface area contributed by atoms with Crippen LogP contribution in [0.2, 0.25) is 5.02 Å². The van der Waals surface area contributed by atoms with E-state index in [4.69, 9.17) is 26.2 Å². The first kappa shape index (κ1) is 18.9. The summed E-state index contributed by atoms with van der Waals surface area (Å²) in [7, 11) is 0. The molecule has 2 rings (SSSR count). The number of rotatable bonds is 5. The molecular weight excluding hydrogens is 368 g/mol. The minimum absolute atomic E-state index is 0.00986. The molecule has 0 saturated carbocycles. The molecule has 0 aliphatic rings. The van der Waals surface area contributed by atoms with Crippen molar-refractivity contribution in [1.29, 1.82) is 0 Å². The van der Waals surface area contributed by atoms with Crippen LogP contribution in [-0.4, -0.2) is 17.2 Å². The Labute approximate surface area is 144 Å². The Hall–Kier alpha value is -2.48. The van der Waals surface area contributed by atoms with Crippen molar-refractivity contribution in [3.8, 4) is 17.2 Å². The van der Waals surface area contributed by atoms with Crippen LogP contribution in [0.25, 0.3) is 0 Å². The van der Waals surface area contributed by atoms with E-state index in [-0.39, 0.29) is 17.6 Å². The van der Waals surface area contributed by atoms with Gasteiger partial charge in [0.1, 0.15) is 11.5 Å².